The molecule has 3 aromatic carbocycles. The fourth-order valence-corrected chi connectivity index (χ4v) is 5.41. The Bertz CT molecular complexity index is 1300. The highest BCUT2D eigenvalue weighted by Gasteiger charge is 2.34. The van der Waals surface area contributed by atoms with Crippen LogP contribution in [0.1, 0.15) is 33.4 Å². The topological polar surface area (TPSA) is 16.1 Å². The van der Waals surface area contributed by atoms with Crippen molar-refractivity contribution in [3.05, 3.63) is 106 Å². The van der Waals surface area contributed by atoms with E-state index in [2.05, 4.69) is 82.9 Å². The Balaban J connectivity index is 1.52. The minimum atomic E-state index is 0.967. The van der Waals surface area contributed by atoms with Crippen LogP contribution in [0, 0.1) is 0 Å². The maximum absolute atomic E-state index is 4.59. The largest absolute Gasteiger partial charge is 0.309 e. The maximum atomic E-state index is 4.59. The summed E-state index contributed by atoms with van der Waals surface area (Å²) >= 11 is 0. The van der Waals surface area contributed by atoms with Gasteiger partial charge in [-0.2, -0.15) is 0 Å². The molecular formula is C26H18N2. The van der Waals surface area contributed by atoms with Gasteiger partial charge in [0.1, 0.15) is 0 Å². The van der Waals surface area contributed by atoms with Gasteiger partial charge in [-0.05, 0) is 63.1 Å². The quantitative estimate of drug-likeness (QED) is 0.334. The van der Waals surface area contributed by atoms with Crippen LogP contribution in [0.3, 0.4) is 0 Å². The highest BCUT2D eigenvalue weighted by atomic mass is 15.2. The molecule has 0 amide bonds. The van der Waals surface area contributed by atoms with Gasteiger partial charge < -0.3 is 4.90 Å². The summed E-state index contributed by atoms with van der Waals surface area (Å²) in [6.45, 7) is 0. The van der Waals surface area contributed by atoms with Gasteiger partial charge in [-0.15, -0.1) is 0 Å². The molecule has 0 radical (unpaired) electrons. The minimum absolute atomic E-state index is 0.967. The predicted octanol–water partition coefficient (Wildman–Crippen LogP) is 5.93. The highest BCUT2D eigenvalue weighted by Crippen LogP contribution is 2.52. The number of rotatable bonds is 0. The molecule has 0 unspecified atom stereocenters. The lowest BCUT2D eigenvalue weighted by atomic mass is 9.85. The molecule has 132 valence electrons. The molecule has 0 N–H and O–H groups in total. The lowest BCUT2D eigenvalue weighted by molar-refractivity contribution is 0.974. The van der Waals surface area contributed by atoms with Crippen molar-refractivity contribution in [1.82, 2.24) is 4.98 Å². The predicted molar refractivity (Wildman–Crippen MR) is 113 cm³/mol. The molecule has 2 heteroatoms. The first kappa shape index (κ1) is 14.6. The van der Waals surface area contributed by atoms with Crippen molar-refractivity contribution in [1.29, 1.82) is 0 Å². The van der Waals surface area contributed by atoms with E-state index in [4.69, 9.17) is 0 Å². The zero-order valence-corrected chi connectivity index (χ0v) is 15.4. The van der Waals surface area contributed by atoms with Crippen LogP contribution in [0.2, 0.25) is 0 Å². The Morgan fingerprint density at radius 3 is 2.25 bits per heavy atom. The lowest BCUT2D eigenvalue weighted by Gasteiger charge is -2.39. The summed E-state index contributed by atoms with van der Waals surface area (Å²) in [5.74, 6) is 0. The van der Waals surface area contributed by atoms with Crippen LogP contribution in [0.4, 0.5) is 17.1 Å². The van der Waals surface area contributed by atoms with E-state index in [0.29, 0.717) is 0 Å². The van der Waals surface area contributed by atoms with Crippen molar-refractivity contribution >= 4 is 17.1 Å². The summed E-state index contributed by atoms with van der Waals surface area (Å²) < 4.78 is 0. The summed E-state index contributed by atoms with van der Waals surface area (Å²) in [6.07, 6.45) is 7.10. The number of anilines is 3. The molecule has 0 saturated carbocycles. The van der Waals surface area contributed by atoms with E-state index in [9.17, 15) is 0 Å². The van der Waals surface area contributed by atoms with Crippen LogP contribution in [0.5, 0.6) is 0 Å². The second-order valence-corrected chi connectivity index (χ2v) is 8.05. The average Bonchev–Trinajstić information content (AvgIpc) is 3.13. The molecular weight excluding hydrogens is 340 g/mol. The Labute approximate surface area is 164 Å². The van der Waals surface area contributed by atoms with Gasteiger partial charge in [0.25, 0.3) is 0 Å². The molecule has 4 aromatic rings. The van der Waals surface area contributed by atoms with Gasteiger partial charge in [0.15, 0.2) is 0 Å². The van der Waals surface area contributed by atoms with Crippen LogP contribution in [-0.2, 0) is 19.3 Å². The number of fused-ring (bicyclic) bond motifs is 8. The van der Waals surface area contributed by atoms with Crippen molar-refractivity contribution in [2.24, 2.45) is 0 Å². The summed E-state index contributed by atoms with van der Waals surface area (Å²) in [7, 11) is 0. The first-order valence-corrected chi connectivity index (χ1v) is 9.95. The standard InChI is InChI=1S/C26H18N2/c1-3-7-20-16(5-1)12-22-21(20)9-10-25-23(22)13-19-15-27-14-18-11-17-6-2-4-8-24(17)28(25)26(18)19/h1-10,14-15H,11-13H2. The van der Waals surface area contributed by atoms with E-state index in [1.165, 1.54) is 61.6 Å². The highest BCUT2D eigenvalue weighted by molar-refractivity contribution is 5.92. The number of hydrogen-bond acceptors (Lipinski definition) is 2. The Morgan fingerprint density at radius 2 is 1.32 bits per heavy atom. The van der Waals surface area contributed by atoms with Crippen molar-refractivity contribution in [3.63, 3.8) is 0 Å². The molecule has 0 bridgehead atoms. The van der Waals surface area contributed by atoms with E-state index in [0.717, 1.165) is 19.3 Å². The number of aromatic nitrogens is 1. The molecule has 2 nitrogen and oxygen atoms in total. The third-order valence-corrected chi connectivity index (χ3v) is 6.60. The first-order chi connectivity index (χ1) is 13.9. The van der Waals surface area contributed by atoms with Gasteiger partial charge in [0, 0.05) is 30.9 Å². The average molecular weight is 358 g/mol. The SMILES string of the molecule is c1ccc2c(c1)Cc1c-2ccc2c1Cc1cncc3c1N2c1ccccc1C3. The molecule has 0 saturated heterocycles. The Kier molecular flexibility index (Phi) is 2.67. The normalized spacial score (nSPS) is 14.6. The first-order valence-electron chi connectivity index (χ1n) is 9.95. The number of benzene rings is 3. The summed E-state index contributed by atoms with van der Waals surface area (Å²) in [6, 6.07) is 22.3. The molecule has 2 aliphatic heterocycles. The van der Waals surface area contributed by atoms with Crippen molar-refractivity contribution < 1.29 is 0 Å². The maximum Gasteiger partial charge on any atom is 0.0563 e. The van der Waals surface area contributed by atoms with E-state index in [1.807, 2.05) is 0 Å². The summed E-state index contributed by atoms with van der Waals surface area (Å²) in [4.78, 5) is 7.08. The van der Waals surface area contributed by atoms with Gasteiger partial charge in [0.05, 0.1) is 11.4 Å². The molecule has 0 atom stereocenters. The zero-order chi connectivity index (χ0) is 18.2. The fraction of sp³-hybridized carbons (Fsp3) is 0.115. The molecule has 28 heavy (non-hydrogen) atoms. The van der Waals surface area contributed by atoms with Crippen LogP contribution >= 0.6 is 0 Å². The van der Waals surface area contributed by atoms with E-state index in [1.54, 1.807) is 0 Å². The monoisotopic (exact) mass is 358 g/mol. The summed E-state index contributed by atoms with van der Waals surface area (Å²) in [5.41, 5.74) is 15.3. The third kappa shape index (κ3) is 1.75. The fourth-order valence-electron chi connectivity index (χ4n) is 5.41. The smallest absolute Gasteiger partial charge is 0.0563 e. The van der Waals surface area contributed by atoms with Crippen molar-refractivity contribution in [2.45, 2.75) is 19.3 Å². The second kappa shape index (κ2) is 5.11. The molecule has 3 aliphatic rings. The van der Waals surface area contributed by atoms with Crippen molar-refractivity contribution in [2.75, 3.05) is 4.90 Å². The second-order valence-electron chi connectivity index (χ2n) is 8.05. The zero-order valence-electron chi connectivity index (χ0n) is 15.4. The number of hydrogen-bond donors (Lipinski definition) is 0. The summed E-state index contributed by atoms with van der Waals surface area (Å²) in [5, 5.41) is 0. The van der Waals surface area contributed by atoms with E-state index < -0.39 is 0 Å². The van der Waals surface area contributed by atoms with Crippen LogP contribution in [0.25, 0.3) is 11.1 Å². The molecule has 7 rings (SSSR count). The molecule has 1 aliphatic carbocycles. The van der Waals surface area contributed by atoms with Crippen LogP contribution < -0.4 is 4.90 Å². The van der Waals surface area contributed by atoms with Gasteiger partial charge >= 0.3 is 0 Å². The van der Waals surface area contributed by atoms with E-state index in [-0.39, 0.29) is 0 Å². The molecule has 1 aromatic heterocycles. The lowest BCUT2D eigenvalue weighted by Crippen LogP contribution is -2.25. The Hall–Kier alpha value is -3.39. The molecule has 0 spiro atoms. The van der Waals surface area contributed by atoms with E-state index >= 15 is 0 Å². The molecule has 3 heterocycles. The molecule has 0 fully saturated rings. The minimum Gasteiger partial charge on any atom is -0.309 e. The van der Waals surface area contributed by atoms with Gasteiger partial charge in [-0.25, -0.2) is 0 Å². The van der Waals surface area contributed by atoms with Crippen LogP contribution in [-0.4, -0.2) is 4.98 Å². The Morgan fingerprint density at radius 1 is 0.571 bits per heavy atom. The third-order valence-electron chi connectivity index (χ3n) is 6.60. The number of nitrogens with zero attached hydrogens (tertiary/aromatic N) is 2. The van der Waals surface area contributed by atoms with Crippen molar-refractivity contribution in [3.8, 4) is 11.1 Å². The van der Waals surface area contributed by atoms with Gasteiger partial charge in [-0.3, -0.25) is 4.98 Å². The van der Waals surface area contributed by atoms with Gasteiger partial charge in [0.2, 0.25) is 0 Å². The number of pyridine rings is 1. The number of para-hydroxylation sites is 1. The van der Waals surface area contributed by atoms with Crippen LogP contribution in [0.15, 0.2) is 73.1 Å². The van der Waals surface area contributed by atoms with Gasteiger partial charge in [-0.1, -0.05) is 48.5 Å².